The minimum absolute atomic E-state index is 0.246. The van der Waals surface area contributed by atoms with Crippen molar-refractivity contribution in [1.29, 1.82) is 0 Å². The molecule has 0 spiro atoms. The van der Waals surface area contributed by atoms with Gasteiger partial charge >= 0.3 is 0 Å². The number of ether oxygens (including phenoxy) is 4. The molecule has 1 aromatic carbocycles. The maximum Gasteiger partial charge on any atom is 0.119 e. The largest absolute Gasteiger partial charge is 0.491 e. The lowest BCUT2D eigenvalue weighted by Gasteiger charge is -2.28. The van der Waals surface area contributed by atoms with Gasteiger partial charge in [-0.1, -0.05) is 0 Å². The molecule has 3 rings (SSSR count). The summed E-state index contributed by atoms with van der Waals surface area (Å²) >= 11 is 0. The molecule has 8 nitrogen and oxygen atoms in total. The van der Waals surface area contributed by atoms with Gasteiger partial charge in [0.25, 0.3) is 0 Å². The average Bonchev–Trinajstić information content (AvgIpc) is 2.73. The molecule has 2 heterocycles. The van der Waals surface area contributed by atoms with E-state index < -0.39 is 12.2 Å². The van der Waals surface area contributed by atoms with E-state index >= 15 is 0 Å². The summed E-state index contributed by atoms with van der Waals surface area (Å²) in [6, 6.07) is 7.24. The summed E-state index contributed by atoms with van der Waals surface area (Å²) in [5.74, 6) is 1.37. The van der Waals surface area contributed by atoms with E-state index in [1.54, 1.807) is 0 Å². The minimum atomic E-state index is -0.538. The van der Waals surface area contributed by atoms with Crippen LogP contribution in [0.3, 0.4) is 0 Å². The molecule has 0 aromatic heterocycles. The first-order valence-corrected chi connectivity index (χ1v) is 10.0. The molecular weight excluding hydrogens is 364 g/mol. The maximum absolute atomic E-state index is 10.1. The Kier molecular flexibility index (Phi) is 8.78. The van der Waals surface area contributed by atoms with E-state index in [1.165, 1.54) is 0 Å². The molecule has 0 amide bonds. The van der Waals surface area contributed by atoms with Gasteiger partial charge in [-0.2, -0.15) is 0 Å². The zero-order valence-electron chi connectivity index (χ0n) is 16.4. The van der Waals surface area contributed by atoms with E-state index in [4.69, 9.17) is 18.9 Å². The summed E-state index contributed by atoms with van der Waals surface area (Å²) in [6.07, 6.45) is -1.08. The predicted octanol–water partition coefficient (Wildman–Crippen LogP) is -0.170. The van der Waals surface area contributed by atoms with Crippen molar-refractivity contribution >= 4 is 0 Å². The van der Waals surface area contributed by atoms with E-state index in [9.17, 15) is 10.2 Å². The highest BCUT2D eigenvalue weighted by Gasteiger charge is 2.16. The van der Waals surface area contributed by atoms with Gasteiger partial charge in [-0.3, -0.25) is 9.80 Å². The SMILES string of the molecule is O[C@@H](COc1ccc(OC[C@H](O)CN2CCOCC2)cc1)CN1CCOCC1. The number of benzene rings is 1. The van der Waals surface area contributed by atoms with Crippen LogP contribution in [-0.4, -0.2) is 111 Å². The summed E-state index contributed by atoms with van der Waals surface area (Å²) in [6.45, 7) is 7.93. The summed E-state index contributed by atoms with van der Waals surface area (Å²) < 4.78 is 21.9. The van der Waals surface area contributed by atoms with Crippen LogP contribution in [0.2, 0.25) is 0 Å². The van der Waals surface area contributed by atoms with Crippen LogP contribution in [0.4, 0.5) is 0 Å². The smallest absolute Gasteiger partial charge is 0.119 e. The van der Waals surface area contributed by atoms with E-state index in [0.717, 1.165) is 52.6 Å². The van der Waals surface area contributed by atoms with Crippen LogP contribution < -0.4 is 9.47 Å². The first kappa shape index (κ1) is 21.3. The van der Waals surface area contributed by atoms with Gasteiger partial charge in [-0.25, -0.2) is 0 Å². The molecule has 2 N–H and O–H groups in total. The zero-order chi connectivity index (χ0) is 19.6. The number of hydrogen-bond donors (Lipinski definition) is 2. The summed E-state index contributed by atoms with van der Waals surface area (Å²) in [5.41, 5.74) is 0. The first-order chi connectivity index (χ1) is 13.7. The van der Waals surface area contributed by atoms with Crippen LogP contribution in [0.5, 0.6) is 11.5 Å². The average molecular weight is 396 g/mol. The van der Waals surface area contributed by atoms with Gasteiger partial charge in [0.05, 0.1) is 26.4 Å². The summed E-state index contributed by atoms with van der Waals surface area (Å²) in [5, 5.41) is 20.3. The Balaban J connectivity index is 1.32. The Hall–Kier alpha value is -1.42. The van der Waals surface area contributed by atoms with Crippen LogP contribution in [0.15, 0.2) is 24.3 Å². The van der Waals surface area contributed by atoms with Crippen molar-refractivity contribution < 1.29 is 29.2 Å². The van der Waals surface area contributed by atoms with Crippen LogP contribution in [0.1, 0.15) is 0 Å². The molecule has 28 heavy (non-hydrogen) atoms. The number of aliphatic hydroxyl groups is 2. The third-order valence-corrected chi connectivity index (χ3v) is 4.85. The number of morpholine rings is 2. The van der Waals surface area contributed by atoms with Gasteiger partial charge in [0.2, 0.25) is 0 Å². The lowest BCUT2D eigenvalue weighted by Crippen LogP contribution is -2.42. The predicted molar refractivity (Wildman–Crippen MR) is 104 cm³/mol. The molecule has 0 unspecified atom stereocenters. The summed E-state index contributed by atoms with van der Waals surface area (Å²) in [4.78, 5) is 4.35. The molecule has 0 saturated carbocycles. The molecule has 158 valence electrons. The molecule has 2 atom stereocenters. The van der Waals surface area contributed by atoms with Crippen LogP contribution in [0, 0.1) is 0 Å². The zero-order valence-corrected chi connectivity index (χ0v) is 16.4. The fourth-order valence-corrected chi connectivity index (χ4v) is 3.29. The van der Waals surface area contributed by atoms with Crippen molar-refractivity contribution in [3.05, 3.63) is 24.3 Å². The highest BCUT2D eigenvalue weighted by atomic mass is 16.5. The lowest BCUT2D eigenvalue weighted by atomic mass is 10.3. The second kappa shape index (κ2) is 11.5. The Morgan fingerprint density at radius 2 is 1.07 bits per heavy atom. The molecular formula is C20H32N2O6. The third kappa shape index (κ3) is 7.54. The monoisotopic (exact) mass is 396 g/mol. The third-order valence-electron chi connectivity index (χ3n) is 4.85. The van der Waals surface area contributed by atoms with Gasteiger partial charge in [-0.05, 0) is 24.3 Å². The van der Waals surface area contributed by atoms with Crippen molar-refractivity contribution in [3.63, 3.8) is 0 Å². The molecule has 2 fully saturated rings. The van der Waals surface area contributed by atoms with E-state index in [1.807, 2.05) is 24.3 Å². The Morgan fingerprint density at radius 1 is 0.714 bits per heavy atom. The number of aliphatic hydroxyl groups excluding tert-OH is 2. The first-order valence-electron chi connectivity index (χ1n) is 10.0. The minimum Gasteiger partial charge on any atom is -0.491 e. The van der Waals surface area contributed by atoms with Crippen molar-refractivity contribution in [3.8, 4) is 11.5 Å². The normalized spacial score (nSPS) is 21.2. The standard InChI is InChI=1S/C20H32N2O6/c23-17(13-21-5-9-25-10-6-21)15-27-19-1-2-20(4-3-19)28-16-18(24)14-22-7-11-26-12-8-22/h1-4,17-18,23-24H,5-16H2/t17-,18-/m1/s1. The molecule has 2 saturated heterocycles. The van der Waals surface area contributed by atoms with Crippen molar-refractivity contribution in [1.82, 2.24) is 9.80 Å². The molecule has 0 radical (unpaired) electrons. The molecule has 1 aromatic rings. The number of hydrogen-bond acceptors (Lipinski definition) is 8. The maximum atomic E-state index is 10.1. The number of nitrogens with zero attached hydrogens (tertiary/aromatic N) is 2. The van der Waals surface area contributed by atoms with Crippen LogP contribution in [-0.2, 0) is 9.47 Å². The molecule has 8 heteroatoms. The van der Waals surface area contributed by atoms with Gasteiger partial charge in [0.15, 0.2) is 0 Å². The van der Waals surface area contributed by atoms with Crippen molar-refractivity contribution in [2.24, 2.45) is 0 Å². The fourth-order valence-electron chi connectivity index (χ4n) is 3.29. The van der Waals surface area contributed by atoms with Crippen molar-refractivity contribution in [2.75, 3.05) is 78.9 Å². The van der Waals surface area contributed by atoms with E-state index in [2.05, 4.69) is 9.80 Å². The Labute approximate surface area is 166 Å². The highest BCUT2D eigenvalue weighted by Crippen LogP contribution is 2.18. The Morgan fingerprint density at radius 3 is 1.43 bits per heavy atom. The van der Waals surface area contributed by atoms with Gasteiger partial charge in [-0.15, -0.1) is 0 Å². The Bertz CT molecular complexity index is 497. The van der Waals surface area contributed by atoms with Crippen molar-refractivity contribution in [2.45, 2.75) is 12.2 Å². The molecule has 0 aliphatic carbocycles. The van der Waals surface area contributed by atoms with E-state index in [-0.39, 0.29) is 13.2 Å². The van der Waals surface area contributed by atoms with E-state index in [0.29, 0.717) is 24.6 Å². The topological polar surface area (TPSA) is 83.9 Å². The second-order valence-corrected chi connectivity index (χ2v) is 7.23. The quantitative estimate of drug-likeness (QED) is 0.564. The highest BCUT2D eigenvalue weighted by molar-refractivity contribution is 5.31. The van der Waals surface area contributed by atoms with Gasteiger partial charge in [0, 0.05) is 39.3 Å². The van der Waals surface area contributed by atoms with Crippen LogP contribution >= 0.6 is 0 Å². The molecule has 2 aliphatic heterocycles. The molecule has 2 aliphatic rings. The summed E-state index contributed by atoms with van der Waals surface area (Å²) in [7, 11) is 0. The van der Waals surface area contributed by atoms with Crippen LogP contribution in [0.25, 0.3) is 0 Å². The number of β-amino-alcohol motifs (C(OH)–C–C–N with tert-alkyl or cyclic N) is 2. The lowest BCUT2D eigenvalue weighted by molar-refractivity contribution is 0.00419. The fraction of sp³-hybridized carbons (Fsp3) is 0.700. The van der Waals surface area contributed by atoms with Gasteiger partial charge in [0.1, 0.15) is 36.9 Å². The molecule has 0 bridgehead atoms. The van der Waals surface area contributed by atoms with Gasteiger partial charge < -0.3 is 29.2 Å². The number of rotatable bonds is 10. The second-order valence-electron chi connectivity index (χ2n) is 7.23.